The summed E-state index contributed by atoms with van der Waals surface area (Å²) in [6.07, 6.45) is 7.82. The summed E-state index contributed by atoms with van der Waals surface area (Å²) in [5.41, 5.74) is 0.243. The second kappa shape index (κ2) is 7.05. The lowest BCUT2D eigenvalue weighted by Crippen LogP contribution is -2.51. The Bertz CT molecular complexity index is 263. The highest BCUT2D eigenvalue weighted by Gasteiger charge is 2.44. The quantitative estimate of drug-likeness (QED) is 0.770. The van der Waals surface area contributed by atoms with Crippen molar-refractivity contribution in [1.82, 2.24) is 5.32 Å². The third-order valence-electron chi connectivity index (χ3n) is 4.63. The maximum Gasteiger partial charge on any atom is 0.0685 e. The summed E-state index contributed by atoms with van der Waals surface area (Å²) in [5, 5.41) is 3.70. The Kier molecular flexibility index (Phi) is 5.67. The predicted molar refractivity (Wildman–Crippen MR) is 78.4 cm³/mol. The molecule has 1 saturated carbocycles. The van der Waals surface area contributed by atoms with Crippen LogP contribution in [0.5, 0.6) is 0 Å². The Morgan fingerprint density at radius 3 is 2.74 bits per heavy atom. The van der Waals surface area contributed by atoms with Crippen LogP contribution in [0.4, 0.5) is 0 Å². The van der Waals surface area contributed by atoms with Crippen molar-refractivity contribution >= 4 is 0 Å². The molecule has 3 heteroatoms. The van der Waals surface area contributed by atoms with Gasteiger partial charge in [-0.2, -0.15) is 0 Å². The topological polar surface area (TPSA) is 30.5 Å². The molecular weight excluding hydrogens is 238 g/mol. The molecule has 1 heterocycles. The van der Waals surface area contributed by atoms with Crippen molar-refractivity contribution in [3.05, 3.63) is 0 Å². The molecule has 0 aromatic heterocycles. The van der Waals surface area contributed by atoms with E-state index in [1.807, 2.05) is 0 Å². The van der Waals surface area contributed by atoms with E-state index in [9.17, 15) is 0 Å². The molecule has 2 aliphatic rings. The highest BCUT2D eigenvalue weighted by atomic mass is 16.5. The van der Waals surface area contributed by atoms with E-state index >= 15 is 0 Å². The van der Waals surface area contributed by atoms with Crippen LogP contribution in [0.2, 0.25) is 0 Å². The maximum atomic E-state index is 6.04. The molecule has 2 fully saturated rings. The summed E-state index contributed by atoms with van der Waals surface area (Å²) in [6.45, 7) is 9.35. The summed E-state index contributed by atoms with van der Waals surface area (Å²) in [4.78, 5) is 0. The fourth-order valence-electron chi connectivity index (χ4n) is 3.32. The second-order valence-corrected chi connectivity index (χ2v) is 6.58. The van der Waals surface area contributed by atoms with Crippen LogP contribution in [-0.4, -0.2) is 37.5 Å². The molecule has 19 heavy (non-hydrogen) atoms. The Morgan fingerprint density at radius 1 is 1.37 bits per heavy atom. The van der Waals surface area contributed by atoms with E-state index in [1.165, 1.54) is 38.5 Å². The molecule has 1 aliphatic heterocycles. The molecule has 2 atom stereocenters. The third-order valence-corrected chi connectivity index (χ3v) is 4.63. The molecule has 0 radical (unpaired) electrons. The molecule has 2 unspecified atom stereocenters. The van der Waals surface area contributed by atoms with Crippen LogP contribution in [0.15, 0.2) is 0 Å². The van der Waals surface area contributed by atoms with Gasteiger partial charge >= 0.3 is 0 Å². The van der Waals surface area contributed by atoms with Gasteiger partial charge in [0.1, 0.15) is 0 Å². The Labute approximate surface area is 118 Å². The molecule has 1 spiro atoms. The van der Waals surface area contributed by atoms with Crippen LogP contribution in [0.3, 0.4) is 0 Å². The van der Waals surface area contributed by atoms with Gasteiger partial charge in [0.25, 0.3) is 0 Å². The minimum Gasteiger partial charge on any atom is -0.377 e. The lowest BCUT2D eigenvalue weighted by atomic mass is 9.70. The lowest BCUT2D eigenvalue weighted by Gasteiger charge is -2.49. The van der Waals surface area contributed by atoms with Gasteiger partial charge in [0.05, 0.1) is 18.3 Å². The smallest absolute Gasteiger partial charge is 0.0685 e. The molecule has 0 bridgehead atoms. The van der Waals surface area contributed by atoms with E-state index in [0.717, 1.165) is 25.7 Å². The fraction of sp³-hybridized carbons (Fsp3) is 1.00. The molecule has 1 saturated heterocycles. The number of ether oxygens (including phenoxy) is 2. The first-order chi connectivity index (χ1) is 9.15. The van der Waals surface area contributed by atoms with E-state index in [0.29, 0.717) is 12.1 Å². The summed E-state index contributed by atoms with van der Waals surface area (Å²) in [5.74, 6) is 0.722. The van der Waals surface area contributed by atoms with Crippen LogP contribution in [-0.2, 0) is 9.47 Å². The zero-order valence-electron chi connectivity index (χ0n) is 12.9. The van der Waals surface area contributed by atoms with Gasteiger partial charge in [0.15, 0.2) is 0 Å². The van der Waals surface area contributed by atoms with Crippen molar-refractivity contribution in [2.24, 2.45) is 5.92 Å². The van der Waals surface area contributed by atoms with Crippen LogP contribution in [0.25, 0.3) is 0 Å². The highest BCUT2D eigenvalue weighted by molar-refractivity contribution is 4.96. The standard InChI is InChI=1S/C16H31NO2/c1-4-9-17-15(12-18-13(2)3)14-6-10-19-16(11-14)7-5-8-16/h13-15,17H,4-12H2,1-3H3. The van der Waals surface area contributed by atoms with Crippen molar-refractivity contribution in [3.8, 4) is 0 Å². The molecular formula is C16H31NO2. The second-order valence-electron chi connectivity index (χ2n) is 6.58. The molecule has 112 valence electrons. The molecule has 3 nitrogen and oxygen atoms in total. The molecule has 1 N–H and O–H groups in total. The van der Waals surface area contributed by atoms with Gasteiger partial charge in [0.2, 0.25) is 0 Å². The van der Waals surface area contributed by atoms with E-state index in [2.05, 4.69) is 26.1 Å². The van der Waals surface area contributed by atoms with Crippen molar-refractivity contribution in [2.45, 2.75) is 77.0 Å². The average Bonchev–Trinajstić information content (AvgIpc) is 2.37. The van der Waals surface area contributed by atoms with Crippen LogP contribution in [0, 0.1) is 5.92 Å². The third kappa shape index (κ3) is 4.17. The molecule has 2 rings (SSSR count). The summed E-state index contributed by atoms with van der Waals surface area (Å²) < 4.78 is 11.9. The van der Waals surface area contributed by atoms with Crippen molar-refractivity contribution in [1.29, 1.82) is 0 Å². The Balaban J connectivity index is 1.87. The monoisotopic (exact) mass is 269 g/mol. The SMILES string of the molecule is CCCNC(COC(C)C)C1CCOC2(CCC2)C1. The van der Waals surface area contributed by atoms with Gasteiger partial charge in [-0.1, -0.05) is 6.92 Å². The zero-order valence-corrected chi connectivity index (χ0v) is 12.9. The molecule has 1 aliphatic carbocycles. The number of hydrogen-bond acceptors (Lipinski definition) is 3. The van der Waals surface area contributed by atoms with Crippen LogP contribution < -0.4 is 5.32 Å². The zero-order chi connectivity index (χ0) is 13.7. The molecule has 0 aromatic carbocycles. The largest absolute Gasteiger partial charge is 0.377 e. The number of nitrogens with one attached hydrogen (secondary N) is 1. The van der Waals surface area contributed by atoms with Crippen molar-refractivity contribution in [2.75, 3.05) is 19.8 Å². The summed E-state index contributed by atoms with van der Waals surface area (Å²) in [7, 11) is 0. The number of hydrogen-bond donors (Lipinski definition) is 1. The summed E-state index contributed by atoms with van der Waals surface area (Å²) in [6, 6.07) is 0.503. The minimum absolute atomic E-state index is 0.243. The first-order valence-electron chi connectivity index (χ1n) is 8.14. The van der Waals surface area contributed by atoms with Gasteiger partial charge in [-0.15, -0.1) is 0 Å². The van der Waals surface area contributed by atoms with Crippen molar-refractivity contribution < 1.29 is 9.47 Å². The predicted octanol–water partition coefficient (Wildman–Crippen LogP) is 3.13. The van der Waals surface area contributed by atoms with E-state index < -0.39 is 0 Å². The molecule has 0 amide bonds. The van der Waals surface area contributed by atoms with Gasteiger partial charge < -0.3 is 14.8 Å². The highest BCUT2D eigenvalue weighted by Crippen LogP contribution is 2.45. The number of rotatable bonds is 7. The van der Waals surface area contributed by atoms with E-state index in [1.54, 1.807) is 0 Å². The lowest BCUT2D eigenvalue weighted by molar-refractivity contribution is -0.149. The summed E-state index contributed by atoms with van der Waals surface area (Å²) >= 11 is 0. The average molecular weight is 269 g/mol. The van der Waals surface area contributed by atoms with E-state index in [-0.39, 0.29) is 5.60 Å². The van der Waals surface area contributed by atoms with Gasteiger partial charge in [0, 0.05) is 12.6 Å². The fourth-order valence-corrected chi connectivity index (χ4v) is 3.32. The van der Waals surface area contributed by atoms with Gasteiger partial charge in [-0.3, -0.25) is 0 Å². The van der Waals surface area contributed by atoms with Crippen LogP contribution >= 0.6 is 0 Å². The Hall–Kier alpha value is -0.120. The first kappa shape index (κ1) is 15.3. The van der Waals surface area contributed by atoms with E-state index in [4.69, 9.17) is 9.47 Å². The van der Waals surface area contributed by atoms with Crippen molar-refractivity contribution in [3.63, 3.8) is 0 Å². The van der Waals surface area contributed by atoms with Gasteiger partial charge in [-0.25, -0.2) is 0 Å². The minimum atomic E-state index is 0.243. The van der Waals surface area contributed by atoms with Gasteiger partial charge in [-0.05, 0) is 64.8 Å². The Morgan fingerprint density at radius 2 is 2.16 bits per heavy atom. The first-order valence-corrected chi connectivity index (χ1v) is 8.14. The molecule has 0 aromatic rings. The normalized spacial score (nSPS) is 27.5. The van der Waals surface area contributed by atoms with Crippen LogP contribution in [0.1, 0.15) is 59.3 Å². The maximum absolute atomic E-state index is 6.04.